The zero-order chi connectivity index (χ0) is 12.5. The average molecular weight is 242 g/mol. The first-order valence-corrected chi connectivity index (χ1v) is 5.65. The molecule has 3 rings (SSSR count). The lowest BCUT2D eigenvalue weighted by molar-refractivity contribution is -0.118. The maximum atomic E-state index is 12.2. The molecule has 0 N–H and O–H groups in total. The second-order valence-corrected chi connectivity index (χ2v) is 4.13. The summed E-state index contributed by atoms with van der Waals surface area (Å²) in [5, 5.41) is 4.02. The van der Waals surface area contributed by atoms with Crippen molar-refractivity contribution in [1.82, 2.24) is 19.7 Å². The zero-order valence-electron chi connectivity index (χ0n) is 9.54. The predicted molar refractivity (Wildman–Crippen MR) is 62.5 cm³/mol. The molecule has 0 atom stereocenters. The van der Waals surface area contributed by atoms with Crippen LogP contribution in [0.3, 0.4) is 0 Å². The van der Waals surface area contributed by atoms with E-state index in [-0.39, 0.29) is 17.3 Å². The summed E-state index contributed by atoms with van der Waals surface area (Å²) < 4.78 is 1.18. The standard InChI is InChI=1S/C12H10N4O2/c17-9-2-3-10-8(6-9)7-15-16(11(10)18)12-13-4-1-5-14-12/h1,4-5,7H,2-3,6H2. The molecule has 0 bridgehead atoms. The van der Waals surface area contributed by atoms with Gasteiger partial charge in [-0.05, 0) is 18.1 Å². The van der Waals surface area contributed by atoms with Crippen LogP contribution in [0.4, 0.5) is 0 Å². The fraction of sp³-hybridized carbons (Fsp3) is 0.250. The fourth-order valence-electron chi connectivity index (χ4n) is 2.05. The van der Waals surface area contributed by atoms with Crippen molar-refractivity contribution in [1.29, 1.82) is 0 Å². The Bertz CT molecular complexity index is 664. The van der Waals surface area contributed by atoms with Crippen LogP contribution in [0.15, 0.2) is 29.5 Å². The number of carbonyl (C=O) groups is 1. The molecule has 0 fully saturated rings. The lowest BCUT2D eigenvalue weighted by Gasteiger charge is -2.14. The van der Waals surface area contributed by atoms with Crippen molar-refractivity contribution >= 4 is 5.78 Å². The van der Waals surface area contributed by atoms with Crippen molar-refractivity contribution in [2.45, 2.75) is 19.3 Å². The first kappa shape index (κ1) is 10.8. The van der Waals surface area contributed by atoms with Crippen molar-refractivity contribution in [2.24, 2.45) is 0 Å². The molecule has 0 radical (unpaired) electrons. The van der Waals surface area contributed by atoms with E-state index >= 15 is 0 Å². The number of nitrogens with zero attached hydrogens (tertiary/aromatic N) is 4. The summed E-state index contributed by atoms with van der Waals surface area (Å²) in [7, 11) is 0. The molecule has 0 unspecified atom stereocenters. The van der Waals surface area contributed by atoms with Crippen LogP contribution in [-0.2, 0) is 17.6 Å². The third-order valence-electron chi connectivity index (χ3n) is 2.95. The van der Waals surface area contributed by atoms with Gasteiger partial charge in [0.2, 0.25) is 0 Å². The van der Waals surface area contributed by atoms with Gasteiger partial charge in [-0.1, -0.05) is 0 Å². The summed E-state index contributed by atoms with van der Waals surface area (Å²) in [4.78, 5) is 31.6. The summed E-state index contributed by atoms with van der Waals surface area (Å²) >= 11 is 0. The number of ketones is 1. The third-order valence-corrected chi connectivity index (χ3v) is 2.95. The first-order chi connectivity index (χ1) is 8.75. The lowest BCUT2D eigenvalue weighted by Crippen LogP contribution is -2.30. The number of hydrogen-bond donors (Lipinski definition) is 0. The van der Waals surface area contributed by atoms with Crippen LogP contribution < -0.4 is 5.56 Å². The highest BCUT2D eigenvalue weighted by Crippen LogP contribution is 2.14. The number of aromatic nitrogens is 4. The molecular formula is C12H10N4O2. The molecule has 90 valence electrons. The number of Topliss-reactive ketones (excluding diaryl/α,β-unsaturated/α-hetero) is 1. The van der Waals surface area contributed by atoms with Crippen LogP contribution in [0.5, 0.6) is 0 Å². The zero-order valence-corrected chi connectivity index (χ0v) is 9.54. The Labute approximate surface area is 102 Å². The van der Waals surface area contributed by atoms with E-state index in [9.17, 15) is 9.59 Å². The molecule has 0 amide bonds. The molecule has 2 aromatic heterocycles. The van der Waals surface area contributed by atoms with Crippen molar-refractivity contribution < 1.29 is 4.79 Å². The van der Waals surface area contributed by atoms with Crippen molar-refractivity contribution in [2.75, 3.05) is 0 Å². The van der Waals surface area contributed by atoms with Crippen LogP contribution in [0.2, 0.25) is 0 Å². The SMILES string of the molecule is O=C1CCc2c(cnn(-c3ncccn3)c2=O)C1. The number of fused-ring (bicyclic) bond motifs is 1. The second kappa shape index (κ2) is 4.14. The molecule has 2 aromatic rings. The topological polar surface area (TPSA) is 77.7 Å². The van der Waals surface area contributed by atoms with Gasteiger partial charge in [-0.25, -0.2) is 9.97 Å². The van der Waals surface area contributed by atoms with Gasteiger partial charge in [0.05, 0.1) is 6.20 Å². The normalized spacial score (nSPS) is 14.3. The van der Waals surface area contributed by atoms with Gasteiger partial charge in [-0.2, -0.15) is 9.78 Å². The molecule has 0 aliphatic heterocycles. The van der Waals surface area contributed by atoms with Gasteiger partial charge in [0.25, 0.3) is 11.5 Å². The highest BCUT2D eigenvalue weighted by atomic mass is 16.1. The molecule has 0 aromatic carbocycles. The lowest BCUT2D eigenvalue weighted by atomic mass is 9.93. The van der Waals surface area contributed by atoms with Crippen LogP contribution >= 0.6 is 0 Å². The highest BCUT2D eigenvalue weighted by Gasteiger charge is 2.20. The van der Waals surface area contributed by atoms with Gasteiger partial charge in [-0.15, -0.1) is 0 Å². The Morgan fingerprint density at radius 1 is 1.11 bits per heavy atom. The minimum absolute atomic E-state index is 0.150. The van der Waals surface area contributed by atoms with Crippen molar-refractivity contribution in [3.8, 4) is 5.95 Å². The fourth-order valence-corrected chi connectivity index (χ4v) is 2.05. The van der Waals surface area contributed by atoms with Gasteiger partial charge in [0, 0.05) is 30.8 Å². The van der Waals surface area contributed by atoms with Gasteiger partial charge in [0.15, 0.2) is 0 Å². The Morgan fingerprint density at radius 2 is 1.89 bits per heavy atom. The van der Waals surface area contributed by atoms with E-state index in [1.807, 2.05) is 0 Å². The van der Waals surface area contributed by atoms with E-state index < -0.39 is 0 Å². The molecule has 18 heavy (non-hydrogen) atoms. The first-order valence-electron chi connectivity index (χ1n) is 5.65. The molecule has 6 heteroatoms. The molecular weight excluding hydrogens is 232 g/mol. The molecule has 0 spiro atoms. The van der Waals surface area contributed by atoms with Gasteiger partial charge in [0.1, 0.15) is 5.78 Å². The largest absolute Gasteiger partial charge is 0.299 e. The van der Waals surface area contributed by atoms with Gasteiger partial charge in [-0.3, -0.25) is 9.59 Å². The Hall–Kier alpha value is -2.37. The Morgan fingerprint density at radius 3 is 2.67 bits per heavy atom. The number of hydrogen-bond acceptors (Lipinski definition) is 5. The van der Waals surface area contributed by atoms with Crippen molar-refractivity contribution in [3.05, 3.63) is 46.1 Å². The summed E-state index contributed by atoms with van der Waals surface area (Å²) in [5.74, 6) is 0.402. The summed E-state index contributed by atoms with van der Waals surface area (Å²) in [6, 6.07) is 1.67. The second-order valence-electron chi connectivity index (χ2n) is 4.13. The third kappa shape index (κ3) is 1.71. The van der Waals surface area contributed by atoms with E-state index in [4.69, 9.17) is 0 Å². The minimum Gasteiger partial charge on any atom is -0.299 e. The summed E-state index contributed by atoms with van der Waals surface area (Å²) in [6.07, 6.45) is 5.86. The van der Waals surface area contributed by atoms with Crippen LogP contribution in [0.1, 0.15) is 17.5 Å². The average Bonchev–Trinajstić information content (AvgIpc) is 2.40. The molecule has 6 nitrogen and oxygen atoms in total. The maximum absolute atomic E-state index is 12.2. The highest BCUT2D eigenvalue weighted by molar-refractivity contribution is 5.82. The number of carbonyl (C=O) groups excluding carboxylic acids is 1. The Kier molecular flexibility index (Phi) is 2.47. The quantitative estimate of drug-likeness (QED) is 0.707. The molecule has 0 saturated carbocycles. The van der Waals surface area contributed by atoms with Crippen LogP contribution in [0.25, 0.3) is 5.95 Å². The molecule has 1 aliphatic rings. The number of rotatable bonds is 1. The van der Waals surface area contributed by atoms with E-state index in [1.54, 1.807) is 24.7 Å². The van der Waals surface area contributed by atoms with Crippen LogP contribution in [0, 0.1) is 0 Å². The Balaban J connectivity index is 2.15. The molecule has 0 saturated heterocycles. The van der Waals surface area contributed by atoms with E-state index in [0.29, 0.717) is 24.8 Å². The van der Waals surface area contributed by atoms with E-state index in [0.717, 1.165) is 5.56 Å². The van der Waals surface area contributed by atoms with Gasteiger partial charge < -0.3 is 0 Å². The predicted octanol–water partition coefficient (Wildman–Crippen LogP) is 0.0803. The molecule has 1 aliphatic carbocycles. The summed E-state index contributed by atoms with van der Waals surface area (Å²) in [5.41, 5.74) is 1.15. The van der Waals surface area contributed by atoms with E-state index in [2.05, 4.69) is 15.1 Å². The molecule has 2 heterocycles. The van der Waals surface area contributed by atoms with Crippen LogP contribution in [-0.4, -0.2) is 25.5 Å². The van der Waals surface area contributed by atoms with E-state index in [1.165, 1.54) is 4.68 Å². The minimum atomic E-state index is -0.230. The van der Waals surface area contributed by atoms with Gasteiger partial charge >= 0.3 is 0 Å². The van der Waals surface area contributed by atoms with Crippen molar-refractivity contribution in [3.63, 3.8) is 0 Å². The monoisotopic (exact) mass is 242 g/mol. The maximum Gasteiger partial charge on any atom is 0.277 e. The summed E-state index contributed by atoms with van der Waals surface area (Å²) in [6.45, 7) is 0. The smallest absolute Gasteiger partial charge is 0.277 e.